The maximum absolute atomic E-state index is 11.3. The highest BCUT2D eigenvalue weighted by molar-refractivity contribution is 5.88. The monoisotopic (exact) mass is 416 g/mol. The van der Waals surface area contributed by atoms with Crippen molar-refractivity contribution in [2.24, 2.45) is 0 Å². The first kappa shape index (κ1) is 23.7. The van der Waals surface area contributed by atoms with E-state index in [0.717, 1.165) is 24.8 Å². The number of cyclic esters (lactones) is 1. The Morgan fingerprint density at radius 1 is 1.23 bits per heavy atom. The molecule has 0 aromatic heterocycles. The van der Waals surface area contributed by atoms with E-state index in [4.69, 9.17) is 9.84 Å². The van der Waals surface area contributed by atoms with E-state index in [1.54, 1.807) is 6.92 Å². The van der Waals surface area contributed by atoms with E-state index in [0.29, 0.717) is 31.2 Å². The minimum Gasteiger partial charge on any atom is -0.508 e. The van der Waals surface area contributed by atoms with Crippen molar-refractivity contribution in [2.75, 3.05) is 0 Å². The lowest BCUT2D eigenvalue weighted by molar-refractivity contribution is -0.156. The lowest BCUT2D eigenvalue weighted by atomic mass is 9.91. The summed E-state index contributed by atoms with van der Waals surface area (Å²) >= 11 is 0. The van der Waals surface area contributed by atoms with Crippen LogP contribution < -0.4 is 0 Å². The molecule has 164 valence electrons. The topological polar surface area (TPSA) is 104 Å². The molecular weight excluding hydrogens is 384 g/mol. The van der Waals surface area contributed by atoms with Gasteiger partial charge in [0.25, 0.3) is 0 Å². The standard InChI is InChI=1S/C24H32O6/c1-16(7-9-18-15-19(23(28)29)10-11-20(18)25)5-4-6-17(2)8-12-21(26)24(3)14-13-22(27)30-24/h6-7,10-11,15,21,25-26H,4-5,8-9,12-14H2,1-3H3,(H,28,29)/t21-,24+/m0/s1. The first-order valence-electron chi connectivity index (χ1n) is 10.4. The number of carboxylic acids is 1. The molecule has 1 aromatic carbocycles. The van der Waals surface area contributed by atoms with Gasteiger partial charge < -0.3 is 20.1 Å². The van der Waals surface area contributed by atoms with E-state index in [2.05, 4.69) is 6.08 Å². The SMILES string of the molecule is CC(=CCc1cc(C(=O)O)ccc1O)CCC=C(C)CC[C@H](O)[C@@]1(C)CCC(=O)O1. The zero-order valence-corrected chi connectivity index (χ0v) is 18.0. The van der Waals surface area contributed by atoms with Gasteiger partial charge in [-0.25, -0.2) is 4.79 Å². The molecule has 2 atom stereocenters. The number of allylic oxidation sites excluding steroid dienone is 4. The lowest BCUT2D eigenvalue weighted by Crippen LogP contribution is -2.39. The van der Waals surface area contributed by atoms with Crippen LogP contribution in [0.4, 0.5) is 0 Å². The Morgan fingerprint density at radius 2 is 1.93 bits per heavy atom. The zero-order valence-electron chi connectivity index (χ0n) is 18.0. The zero-order chi connectivity index (χ0) is 22.3. The summed E-state index contributed by atoms with van der Waals surface area (Å²) in [5.74, 6) is -1.16. The Hall–Kier alpha value is -2.60. The maximum Gasteiger partial charge on any atom is 0.335 e. The van der Waals surface area contributed by atoms with Gasteiger partial charge in [-0.05, 0) is 83.1 Å². The van der Waals surface area contributed by atoms with Crippen molar-refractivity contribution in [2.45, 2.75) is 77.4 Å². The largest absolute Gasteiger partial charge is 0.508 e. The first-order valence-corrected chi connectivity index (χ1v) is 10.4. The molecule has 0 amide bonds. The Labute approximate surface area is 177 Å². The predicted molar refractivity (Wildman–Crippen MR) is 114 cm³/mol. The number of carboxylic acid groups (broad SMARTS) is 1. The number of hydrogen-bond donors (Lipinski definition) is 3. The normalized spacial score (nSPS) is 20.9. The van der Waals surface area contributed by atoms with Crippen molar-refractivity contribution in [1.29, 1.82) is 0 Å². The number of phenols is 1. The number of benzene rings is 1. The Balaban J connectivity index is 1.79. The number of phenolic OH excluding ortho intramolecular Hbond substituents is 1. The van der Waals surface area contributed by atoms with Crippen molar-refractivity contribution >= 4 is 11.9 Å². The van der Waals surface area contributed by atoms with Gasteiger partial charge in [0, 0.05) is 6.42 Å². The van der Waals surface area contributed by atoms with Crippen LogP contribution in [0.5, 0.6) is 5.75 Å². The van der Waals surface area contributed by atoms with Gasteiger partial charge in [-0.15, -0.1) is 0 Å². The van der Waals surface area contributed by atoms with Crippen LogP contribution in [-0.4, -0.2) is 39.0 Å². The molecule has 1 heterocycles. The van der Waals surface area contributed by atoms with Crippen LogP contribution in [-0.2, 0) is 16.0 Å². The highest BCUT2D eigenvalue weighted by Crippen LogP contribution is 2.32. The van der Waals surface area contributed by atoms with Crippen LogP contribution in [0.1, 0.15) is 75.2 Å². The molecule has 1 aliphatic rings. The van der Waals surface area contributed by atoms with Crippen molar-refractivity contribution in [3.8, 4) is 5.75 Å². The predicted octanol–water partition coefficient (Wildman–Crippen LogP) is 4.54. The second kappa shape index (κ2) is 10.4. The molecule has 1 saturated heterocycles. The molecule has 0 saturated carbocycles. The highest BCUT2D eigenvalue weighted by atomic mass is 16.6. The van der Waals surface area contributed by atoms with E-state index in [-0.39, 0.29) is 17.3 Å². The van der Waals surface area contributed by atoms with E-state index in [1.165, 1.54) is 23.8 Å². The summed E-state index contributed by atoms with van der Waals surface area (Å²) in [5.41, 5.74) is 2.33. The third-order valence-corrected chi connectivity index (χ3v) is 5.72. The number of aromatic hydroxyl groups is 1. The summed E-state index contributed by atoms with van der Waals surface area (Å²) < 4.78 is 5.28. The molecule has 3 N–H and O–H groups in total. The number of aromatic carboxylic acids is 1. The van der Waals surface area contributed by atoms with Crippen molar-refractivity contribution < 1.29 is 29.6 Å². The lowest BCUT2D eigenvalue weighted by Gasteiger charge is -2.28. The van der Waals surface area contributed by atoms with E-state index in [1.807, 2.05) is 19.9 Å². The van der Waals surface area contributed by atoms with Gasteiger partial charge in [0.05, 0.1) is 11.7 Å². The minimum atomic E-state index is -1.01. The molecule has 1 aliphatic heterocycles. The van der Waals surface area contributed by atoms with Gasteiger partial charge in [0.1, 0.15) is 11.4 Å². The number of carbonyl (C=O) groups excluding carboxylic acids is 1. The molecule has 6 heteroatoms. The van der Waals surface area contributed by atoms with Gasteiger partial charge in [0.2, 0.25) is 0 Å². The second-order valence-electron chi connectivity index (χ2n) is 8.33. The fourth-order valence-corrected chi connectivity index (χ4v) is 3.53. The Kier molecular flexibility index (Phi) is 8.24. The highest BCUT2D eigenvalue weighted by Gasteiger charge is 2.41. The number of carbonyl (C=O) groups is 2. The third-order valence-electron chi connectivity index (χ3n) is 5.72. The smallest absolute Gasteiger partial charge is 0.335 e. The minimum absolute atomic E-state index is 0.0972. The van der Waals surface area contributed by atoms with Crippen LogP contribution in [0.3, 0.4) is 0 Å². The molecular formula is C24H32O6. The van der Waals surface area contributed by atoms with Gasteiger partial charge in [-0.3, -0.25) is 4.79 Å². The average Bonchev–Trinajstić information content (AvgIpc) is 3.05. The van der Waals surface area contributed by atoms with E-state index >= 15 is 0 Å². The molecule has 0 radical (unpaired) electrons. The number of aliphatic hydroxyl groups is 1. The summed E-state index contributed by atoms with van der Waals surface area (Å²) in [7, 11) is 0. The first-order chi connectivity index (χ1) is 14.1. The average molecular weight is 417 g/mol. The Bertz CT molecular complexity index is 838. The maximum atomic E-state index is 11.3. The van der Waals surface area contributed by atoms with Crippen LogP contribution >= 0.6 is 0 Å². The molecule has 1 fully saturated rings. The quantitative estimate of drug-likeness (QED) is 0.382. The van der Waals surface area contributed by atoms with Crippen molar-refractivity contribution in [3.63, 3.8) is 0 Å². The summed E-state index contributed by atoms with van der Waals surface area (Å²) in [6.07, 6.45) is 7.91. The number of rotatable bonds is 10. The van der Waals surface area contributed by atoms with Gasteiger partial charge in [-0.1, -0.05) is 23.3 Å². The molecule has 1 aromatic rings. The second-order valence-corrected chi connectivity index (χ2v) is 8.33. The van der Waals surface area contributed by atoms with Crippen molar-refractivity contribution in [3.05, 3.63) is 52.6 Å². The summed E-state index contributed by atoms with van der Waals surface area (Å²) in [5, 5.41) is 29.4. The molecule has 0 bridgehead atoms. The van der Waals surface area contributed by atoms with Gasteiger partial charge >= 0.3 is 11.9 Å². The molecule has 6 nitrogen and oxygen atoms in total. The molecule has 0 aliphatic carbocycles. The van der Waals surface area contributed by atoms with Gasteiger partial charge in [0.15, 0.2) is 0 Å². The van der Waals surface area contributed by atoms with Crippen LogP contribution in [0, 0.1) is 0 Å². The van der Waals surface area contributed by atoms with Crippen LogP contribution in [0.2, 0.25) is 0 Å². The fourth-order valence-electron chi connectivity index (χ4n) is 3.53. The molecule has 0 spiro atoms. The van der Waals surface area contributed by atoms with Gasteiger partial charge in [-0.2, -0.15) is 0 Å². The van der Waals surface area contributed by atoms with Crippen molar-refractivity contribution in [1.82, 2.24) is 0 Å². The van der Waals surface area contributed by atoms with Crippen LogP contribution in [0.25, 0.3) is 0 Å². The summed E-state index contributed by atoms with van der Waals surface area (Å²) in [6.45, 7) is 5.84. The molecule has 0 unspecified atom stereocenters. The number of ether oxygens (including phenoxy) is 1. The molecule has 30 heavy (non-hydrogen) atoms. The Morgan fingerprint density at radius 3 is 2.57 bits per heavy atom. The van der Waals surface area contributed by atoms with Crippen LogP contribution in [0.15, 0.2) is 41.5 Å². The number of aliphatic hydroxyl groups excluding tert-OH is 1. The summed E-state index contributed by atoms with van der Waals surface area (Å²) in [4.78, 5) is 22.4. The number of hydrogen-bond acceptors (Lipinski definition) is 5. The molecule has 2 rings (SSSR count). The van der Waals surface area contributed by atoms with E-state index in [9.17, 15) is 19.8 Å². The van der Waals surface area contributed by atoms with E-state index < -0.39 is 17.7 Å². The third kappa shape index (κ3) is 6.73. The fraction of sp³-hybridized carbons (Fsp3) is 0.500. The number of esters is 1. The summed E-state index contributed by atoms with van der Waals surface area (Å²) in [6, 6.07) is 4.30.